The van der Waals surface area contributed by atoms with Crippen molar-refractivity contribution >= 4 is 12.2 Å². The quantitative estimate of drug-likeness (QED) is 0.793. The summed E-state index contributed by atoms with van der Waals surface area (Å²) in [6, 6.07) is 0.823. The van der Waals surface area contributed by atoms with Gasteiger partial charge in [0.25, 0.3) is 0 Å². The van der Waals surface area contributed by atoms with Crippen molar-refractivity contribution in [1.29, 1.82) is 0 Å². The van der Waals surface area contributed by atoms with Crippen LogP contribution >= 0.6 is 12.2 Å². The Labute approximate surface area is 108 Å². The van der Waals surface area contributed by atoms with Crippen molar-refractivity contribution in [3.8, 4) is 0 Å². The molecule has 1 saturated carbocycles. The highest BCUT2D eigenvalue weighted by atomic mass is 32.1. The SMILES string of the molecule is CCN(CCn1c(C(C)C)n[nH]c1=S)C1CC1. The van der Waals surface area contributed by atoms with Gasteiger partial charge in [-0.3, -0.25) is 10.00 Å². The lowest BCUT2D eigenvalue weighted by atomic mass is 10.2. The van der Waals surface area contributed by atoms with Crippen LogP contribution in [0, 0.1) is 4.77 Å². The van der Waals surface area contributed by atoms with Crippen LogP contribution in [0.3, 0.4) is 0 Å². The van der Waals surface area contributed by atoms with Gasteiger partial charge in [0, 0.05) is 25.0 Å². The van der Waals surface area contributed by atoms with E-state index in [0.717, 1.165) is 36.3 Å². The molecule has 0 saturated heterocycles. The third kappa shape index (κ3) is 2.96. The number of likely N-dealkylation sites (N-methyl/N-ethyl adjacent to an activating group) is 1. The number of rotatable bonds is 6. The average Bonchev–Trinajstić information content (AvgIpc) is 3.05. The normalized spacial score (nSPS) is 16.1. The number of hydrogen-bond acceptors (Lipinski definition) is 3. The molecule has 0 amide bonds. The van der Waals surface area contributed by atoms with Crippen LogP contribution in [0.4, 0.5) is 0 Å². The number of nitrogens with one attached hydrogen (secondary N) is 1. The number of nitrogens with zero attached hydrogens (tertiary/aromatic N) is 3. The average molecular weight is 254 g/mol. The van der Waals surface area contributed by atoms with Gasteiger partial charge < -0.3 is 4.57 Å². The molecular weight excluding hydrogens is 232 g/mol. The number of aromatic nitrogens is 3. The van der Waals surface area contributed by atoms with Crippen LogP contribution in [0.15, 0.2) is 0 Å². The lowest BCUT2D eigenvalue weighted by Crippen LogP contribution is -2.30. The van der Waals surface area contributed by atoms with Crippen LogP contribution in [0.2, 0.25) is 0 Å². The molecule has 0 radical (unpaired) electrons. The summed E-state index contributed by atoms with van der Waals surface area (Å²) in [5.41, 5.74) is 0. The minimum Gasteiger partial charge on any atom is -0.303 e. The molecule has 1 fully saturated rings. The Balaban J connectivity index is 2.02. The minimum absolute atomic E-state index is 0.416. The smallest absolute Gasteiger partial charge is 0.195 e. The Hall–Kier alpha value is -0.680. The van der Waals surface area contributed by atoms with E-state index in [2.05, 4.69) is 40.4 Å². The zero-order valence-electron chi connectivity index (χ0n) is 10.9. The van der Waals surface area contributed by atoms with Gasteiger partial charge >= 0.3 is 0 Å². The molecule has 4 nitrogen and oxygen atoms in total. The van der Waals surface area contributed by atoms with E-state index in [-0.39, 0.29) is 0 Å². The third-order valence-corrected chi connectivity index (χ3v) is 3.70. The van der Waals surface area contributed by atoms with Crippen molar-refractivity contribution in [3.05, 3.63) is 10.6 Å². The molecule has 1 aromatic rings. The molecule has 1 aliphatic carbocycles. The van der Waals surface area contributed by atoms with Crippen molar-refractivity contribution in [2.75, 3.05) is 13.1 Å². The van der Waals surface area contributed by atoms with Gasteiger partial charge in [-0.25, -0.2) is 0 Å². The molecule has 0 bridgehead atoms. The Morgan fingerprint density at radius 2 is 2.24 bits per heavy atom. The second kappa shape index (κ2) is 5.31. The van der Waals surface area contributed by atoms with Gasteiger partial charge in [-0.05, 0) is 31.6 Å². The van der Waals surface area contributed by atoms with Crippen LogP contribution in [-0.2, 0) is 6.54 Å². The highest BCUT2D eigenvalue weighted by Crippen LogP contribution is 2.26. The maximum Gasteiger partial charge on any atom is 0.195 e. The zero-order valence-corrected chi connectivity index (χ0v) is 11.8. The maximum atomic E-state index is 5.29. The van der Waals surface area contributed by atoms with E-state index in [1.165, 1.54) is 12.8 Å². The Morgan fingerprint density at radius 1 is 1.53 bits per heavy atom. The first-order valence-corrected chi connectivity index (χ1v) is 6.93. The van der Waals surface area contributed by atoms with E-state index in [0.29, 0.717) is 5.92 Å². The third-order valence-electron chi connectivity index (χ3n) is 3.38. The summed E-state index contributed by atoms with van der Waals surface area (Å²) in [7, 11) is 0. The Morgan fingerprint density at radius 3 is 2.76 bits per heavy atom. The molecule has 0 aliphatic heterocycles. The first-order chi connectivity index (χ1) is 8.13. The first kappa shape index (κ1) is 12.8. The predicted molar refractivity (Wildman–Crippen MR) is 71.8 cm³/mol. The van der Waals surface area contributed by atoms with Crippen molar-refractivity contribution < 1.29 is 0 Å². The van der Waals surface area contributed by atoms with Gasteiger partial charge in [0.15, 0.2) is 4.77 Å². The molecule has 5 heteroatoms. The molecular formula is C12H22N4S. The summed E-state index contributed by atoms with van der Waals surface area (Å²) in [5.74, 6) is 1.49. The molecule has 2 rings (SSSR count). The summed E-state index contributed by atoms with van der Waals surface area (Å²) in [6.45, 7) is 9.70. The van der Waals surface area contributed by atoms with Crippen molar-refractivity contribution in [3.63, 3.8) is 0 Å². The maximum absolute atomic E-state index is 5.29. The topological polar surface area (TPSA) is 36.9 Å². The predicted octanol–water partition coefficient (Wildman–Crippen LogP) is 2.55. The zero-order chi connectivity index (χ0) is 12.4. The van der Waals surface area contributed by atoms with Crippen LogP contribution in [0.5, 0.6) is 0 Å². The highest BCUT2D eigenvalue weighted by molar-refractivity contribution is 7.71. The molecule has 96 valence electrons. The summed E-state index contributed by atoms with van der Waals surface area (Å²) in [5, 5.41) is 7.21. The number of hydrogen-bond donors (Lipinski definition) is 1. The molecule has 0 aromatic carbocycles. The Kier molecular flexibility index (Phi) is 3.99. The lowest BCUT2D eigenvalue weighted by Gasteiger charge is -2.20. The largest absolute Gasteiger partial charge is 0.303 e. The van der Waals surface area contributed by atoms with Gasteiger partial charge in [0.1, 0.15) is 5.82 Å². The second-order valence-electron chi connectivity index (χ2n) is 5.05. The monoisotopic (exact) mass is 254 g/mol. The minimum atomic E-state index is 0.416. The van der Waals surface area contributed by atoms with Crippen LogP contribution in [-0.4, -0.2) is 38.8 Å². The van der Waals surface area contributed by atoms with Crippen LogP contribution in [0.25, 0.3) is 0 Å². The first-order valence-electron chi connectivity index (χ1n) is 6.52. The molecule has 0 atom stereocenters. The molecule has 1 N–H and O–H groups in total. The summed E-state index contributed by atoms with van der Waals surface area (Å²) >= 11 is 5.29. The fraction of sp³-hybridized carbons (Fsp3) is 0.833. The van der Waals surface area contributed by atoms with Gasteiger partial charge in [0.05, 0.1) is 0 Å². The van der Waals surface area contributed by atoms with E-state index in [1.54, 1.807) is 0 Å². The number of aromatic amines is 1. The molecule has 1 heterocycles. The summed E-state index contributed by atoms with van der Waals surface area (Å²) in [6.07, 6.45) is 2.73. The lowest BCUT2D eigenvalue weighted by molar-refractivity contribution is 0.264. The molecule has 17 heavy (non-hydrogen) atoms. The van der Waals surface area contributed by atoms with Crippen LogP contribution < -0.4 is 0 Å². The Bertz CT molecular complexity index is 416. The second-order valence-corrected chi connectivity index (χ2v) is 5.44. The molecule has 1 aliphatic rings. The van der Waals surface area contributed by atoms with Crippen molar-refractivity contribution in [1.82, 2.24) is 19.7 Å². The standard InChI is InChI=1S/C12H22N4S/c1-4-15(10-5-6-10)7-8-16-11(9(2)3)13-14-12(16)17/h9-10H,4-8H2,1-3H3,(H,14,17). The van der Waals surface area contributed by atoms with E-state index in [4.69, 9.17) is 12.2 Å². The van der Waals surface area contributed by atoms with Crippen LogP contribution in [0.1, 0.15) is 45.4 Å². The van der Waals surface area contributed by atoms with Crippen molar-refractivity contribution in [2.24, 2.45) is 0 Å². The summed E-state index contributed by atoms with van der Waals surface area (Å²) in [4.78, 5) is 2.54. The molecule has 1 aromatic heterocycles. The fourth-order valence-corrected chi connectivity index (χ4v) is 2.48. The highest BCUT2D eigenvalue weighted by Gasteiger charge is 2.27. The molecule has 0 spiro atoms. The van der Waals surface area contributed by atoms with E-state index in [9.17, 15) is 0 Å². The summed E-state index contributed by atoms with van der Waals surface area (Å²) < 4.78 is 2.89. The van der Waals surface area contributed by atoms with E-state index >= 15 is 0 Å². The van der Waals surface area contributed by atoms with Gasteiger partial charge in [-0.15, -0.1) is 0 Å². The van der Waals surface area contributed by atoms with Gasteiger partial charge in [-0.1, -0.05) is 20.8 Å². The number of H-pyrrole nitrogens is 1. The van der Waals surface area contributed by atoms with E-state index in [1.807, 2.05) is 0 Å². The molecule has 0 unspecified atom stereocenters. The van der Waals surface area contributed by atoms with E-state index < -0.39 is 0 Å². The van der Waals surface area contributed by atoms with Gasteiger partial charge in [-0.2, -0.15) is 5.10 Å². The van der Waals surface area contributed by atoms with Crippen molar-refractivity contribution in [2.45, 2.75) is 52.1 Å². The fourth-order valence-electron chi connectivity index (χ4n) is 2.25. The van der Waals surface area contributed by atoms with Gasteiger partial charge in [0.2, 0.25) is 0 Å².